The number of aliphatic imine (C=N–C) groups is 1. The smallest absolute Gasteiger partial charge is 0.225 e. The molecule has 0 amide bonds. The molecule has 2 aromatic heterocycles. The van der Waals surface area contributed by atoms with Gasteiger partial charge in [-0.15, -0.1) is 0 Å². The van der Waals surface area contributed by atoms with Crippen LogP contribution >= 0.6 is 0 Å². The fraction of sp³-hybridized carbons (Fsp3) is 0.550. The zero-order valence-corrected chi connectivity index (χ0v) is 16.2. The Kier molecular flexibility index (Phi) is 6.39. The summed E-state index contributed by atoms with van der Waals surface area (Å²) in [6.07, 6.45) is 8.62. The van der Waals surface area contributed by atoms with E-state index in [1.165, 1.54) is 0 Å². The molecule has 1 atom stereocenters. The number of nitrogens with zero attached hydrogens (tertiary/aromatic N) is 5. The molecule has 1 unspecified atom stereocenters. The van der Waals surface area contributed by atoms with Crippen molar-refractivity contribution in [1.29, 1.82) is 0 Å². The molecule has 0 spiro atoms. The topological polar surface area (TPSA) is 79.0 Å². The van der Waals surface area contributed by atoms with Crippen molar-refractivity contribution >= 4 is 11.9 Å². The van der Waals surface area contributed by atoms with Gasteiger partial charge >= 0.3 is 0 Å². The minimum Gasteiger partial charge on any atom is -0.469 e. The predicted molar refractivity (Wildman–Crippen MR) is 108 cm³/mol. The third kappa shape index (κ3) is 5.01. The summed E-state index contributed by atoms with van der Waals surface area (Å²) in [5.41, 5.74) is 0. The number of hydrogen-bond donors (Lipinski definition) is 1. The molecule has 2 aliphatic heterocycles. The van der Waals surface area contributed by atoms with Gasteiger partial charge in [-0.3, -0.25) is 4.99 Å². The number of piperazine rings is 1. The van der Waals surface area contributed by atoms with Crippen LogP contribution in [0.3, 0.4) is 0 Å². The van der Waals surface area contributed by atoms with Crippen molar-refractivity contribution < 1.29 is 9.15 Å². The SMILES string of the molecule is c1cnc(N2CCN(C(=NCC3CCCO3)NCCc3ccco3)CC2)nc1. The van der Waals surface area contributed by atoms with E-state index in [1.807, 2.05) is 18.2 Å². The lowest BCUT2D eigenvalue weighted by Crippen LogP contribution is -2.53. The van der Waals surface area contributed by atoms with Gasteiger partial charge in [-0.2, -0.15) is 0 Å². The number of rotatable bonds is 6. The van der Waals surface area contributed by atoms with E-state index in [0.717, 1.165) is 76.3 Å². The first kappa shape index (κ1) is 18.7. The predicted octanol–water partition coefficient (Wildman–Crippen LogP) is 1.56. The summed E-state index contributed by atoms with van der Waals surface area (Å²) in [4.78, 5) is 18.1. The molecule has 0 saturated carbocycles. The van der Waals surface area contributed by atoms with Crippen LogP contribution in [0.4, 0.5) is 5.95 Å². The lowest BCUT2D eigenvalue weighted by atomic mass is 10.2. The maximum Gasteiger partial charge on any atom is 0.225 e. The summed E-state index contributed by atoms with van der Waals surface area (Å²) in [5.74, 6) is 2.73. The Morgan fingerprint density at radius 3 is 2.75 bits per heavy atom. The Balaban J connectivity index is 1.34. The van der Waals surface area contributed by atoms with Gasteiger partial charge in [-0.25, -0.2) is 9.97 Å². The number of ether oxygens (including phenoxy) is 1. The van der Waals surface area contributed by atoms with E-state index < -0.39 is 0 Å². The average Bonchev–Trinajstić information content (AvgIpc) is 3.46. The van der Waals surface area contributed by atoms with Crippen molar-refractivity contribution in [1.82, 2.24) is 20.2 Å². The maximum atomic E-state index is 5.74. The summed E-state index contributed by atoms with van der Waals surface area (Å²) < 4.78 is 11.2. The summed E-state index contributed by atoms with van der Waals surface area (Å²) in [7, 11) is 0. The number of furan rings is 1. The highest BCUT2D eigenvalue weighted by molar-refractivity contribution is 5.80. The number of nitrogens with one attached hydrogen (secondary N) is 1. The zero-order valence-electron chi connectivity index (χ0n) is 16.2. The molecule has 0 aliphatic carbocycles. The van der Waals surface area contributed by atoms with Gasteiger partial charge in [-0.05, 0) is 31.0 Å². The van der Waals surface area contributed by atoms with Gasteiger partial charge in [0.1, 0.15) is 5.76 Å². The van der Waals surface area contributed by atoms with Crippen LogP contribution in [-0.2, 0) is 11.2 Å². The largest absolute Gasteiger partial charge is 0.469 e. The number of aromatic nitrogens is 2. The fourth-order valence-corrected chi connectivity index (χ4v) is 3.57. The Labute approximate surface area is 165 Å². The quantitative estimate of drug-likeness (QED) is 0.598. The summed E-state index contributed by atoms with van der Waals surface area (Å²) in [5, 5.41) is 3.52. The highest BCUT2D eigenvalue weighted by Crippen LogP contribution is 2.13. The standard InChI is InChI=1S/C20H28N6O2/c1-4-17(27-14-1)6-9-23-20(24-16-18-5-2-15-28-18)26-12-10-25(11-13-26)19-21-7-3-8-22-19/h1,3-4,7-8,14,18H,2,5-6,9-13,15-16H2,(H,23,24). The number of guanidine groups is 1. The van der Waals surface area contributed by atoms with Gasteiger partial charge in [0.15, 0.2) is 5.96 Å². The van der Waals surface area contributed by atoms with Crippen molar-refractivity contribution in [2.45, 2.75) is 25.4 Å². The molecular formula is C20H28N6O2. The second-order valence-electron chi connectivity index (χ2n) is 7.08. The molecule has 28 heavy (non-hydrogen) atoms. The lowest BCUT2D eigenvalue weighted by molar-refractivity contribution is 0.117. The molecule has 0 aromatic carbocycles. The van der Waals surface area contributed by atoms with E-state index in [4.69, 9.17) is 14.1 Å². The van der Waals surface area contributed by atoms with Crippen LogP contribution in [0.1, 0.15) is 18.6 Å². The van der Waals surface area contributed by atoms with Crippen molar-refractivity contribution in [2.24, 2.45) is 4.99 Å². The summed E-state index contributed by atoms with van der Waals surface area (Å²) in [6.45, 7) is 5.89. The second-order valence-corrected chi connectivity index (χ2v) is 7.08. The average molecular weight is 384 g/mol. The molecule has 2 fully saturated rings. The fourth-order valence-electron chi connectivity index (χ4n) is 3.57. The Bertz CT molecular complexity index is 722. The molecule has 1 N–H and O–H groups in total. The first-order valence-electron chi connectivity index (χ1n) is 10.1. The number of hydrogen-bond acceptors (Lipinski definition) is 6. The second kappa shape index (κ2) is 9.54. The third-order valence-corrected chi connectivity index (χ3v) is 5.12. The van der Waals surface area contributed by atoms with Crippen LogP contribution < -0.4 is 10.2 Å². The molecule has 8 heteroatoms. The van der Waals surface area contributed by atoms with E-state index >= 15 is 0 Å². The van der Waals surface area contributed by atoms with Crippen molar-refractivity contribution in [3.8, 4) is 0 Å². The van der Waals surface area contributed by atoms with Gasteiger partial charge in [0.2, 0.25) is 5.95 Å². The van der Waals surface area contributed by atoms with Crippen LogP contribution in [-0.4, -0.2) is 72.8 Å². The summed E-state index contributed by atoms with van der Waals surface area (Å²) in [6, 6.07) is 5.77. The van der Waals surface area contributed by atoms with Crippen LogP contribution in [0.5, 0.6) is 0 Å². The van der Waals surface area contributed by atoms with Crippen LogP contribution in [0, 0.1) is 0 Å². The molecule has 4 heterocycles. The molecule has 2 saturated heterocycles. The van der Waals surface area contributed by atoms with Crippen LogP contribution in [0.15, 0.2) is 46.3 Å². The van der Waals surface area contributed by atoms with E-state index in [-0.39, 0.29) is 6.10 Å². The van der Waals surface area contributed by atoms with E-state index in [9.17, 15) is 0 Å². The molecule has 2 aromatic rings. The van der Waals surface area contributed by atoms with Crippen LogP contribution in [0.25, 0.3) is 0 Å². The molecule has 0 radical (unpaired) electrons. The van der Waals surface area contributed by atoms with Gasteiger partial charge in [0.05, 0.1) is 18.9 Å². The molecule has 150 valence electrons. The molecule has 8 nitrogen and oxygen atoms in total. The summed E-state index contributed by atoms with van der Waals surface area (Å²) >= 11 is 0. The van der Waals surface area contributed by atoms with Crippen LogP contribution in [0.2, 0.25) is 0 Å². The van der Waals surface area contributed by atoms with Crippen molar-refractivity contribution in [2.75, 3.05) is 50.8 Å². The van der Waals surface area contributed by atoms with Gasteiger partial charge in [-0.1, -0.05) is 0 Å². The van der Waals surface area contributed by atoms with Crippen molar-refractivity contribution in [3.63, 3.8) is 0 Å². The van der Waals surface area contributed by atoms with E-state index in [1.54, 1.807) is 18.7 Å². The first-order chi connectivity index (χ1) is 13.9. The Morgan fingerprint density at radius 2 is 2.04 bits per heavy atom. The normalized spacial score (nSPS) is 20.6. The Morgan fingerprint density at radius 1 is 1.18 bits per heavy atom. The zero-order chi connectivity index (χ0) is 19.0. The monoisotopic (exact) mass is 384 g/mol. The molecule has 2 aliphatic rings. The van der Waals surface area contributed by atoms with Gasteiger partial charge in [0.25, 0.3) is 0 Å². The minimum atomic E-state index is 0.251. The third-order valence-electron chi connectivity index (χ3n) is 5.12. The maximum absolute atomic E-state index is 5.74. The molecule has 4 rings (SSSR count). The highest BCUT2D eigenvalue weighted by atomic mass is 16.5. The number of anilines is 1. The first-order valence-corrected chi connectivity index (χ1v) is 10.1. The van der Waals surface area contributed by atoms with E-state index in [2.05, 4.69) is 25.1 Å². The highest BCUT2D eigenvalue weighted by Gasteiger charge is 2.22. The van der Waals surface area contributed by atoms with Gasteiger partial charge in [0, 0.05) is 58.1 Å². The molecular weight excluding hydrogens is 356 g/mol. The minimum absolute atomic E-state index is 0.251. The Hall–Kier alpha value is -2.61. The lowest BCUT2D eigenvalue weighted by Gasteiger charge is -2.36. The van der Waals surface area contributed by atoms with Crippen molar-refractivity contribution in [3.05, 3.63) is 42.6 Å². The van der Waals surface area contributed by atoms with E-state index in [0.29, 0.717) is 6.54 Å². The van der Waals surface area contributed by atoms with Gasteiger partial charge < -0.3 is 24.3 Å². The molecule has 0 bridgehead atoms.